The third kappa shape index (κ3) is 6.21. The van der Waals surface area contributed by atoms with E-state index in [1.54, 1.807) is 0 Å². The molecule has 0 aromatic rings. The Morgan fingerprint density at radius 1 is 1.17 bits per heavy atom. The summed E-state index contributed by atoms with van der Waals surface area (Å²) in [5.74, 6) is 5.54. The zero-order valence-corrected chi connectivity index (χ0v) is 7.71. The Kier molecular flexibility index (Phi) is 8.20. The van der Waals surface area contributed by atoms with Crippen LogP contribution in [0.3, 0.4) is 0 Å². The molecule has 2 nitrogen and oxygen atoms in total. The van der Waals surface area contributed by atoms with E-state index in [-0.39, 0.29) is 19.1 Å². The standard InChI is InChI=1S/C10H18O2/c1-2-3-4-5-6-7-10(8-11)9-12/h10-12H,2-5,8-9H2,1H3. The second kappa shape index (κ2) is 8.58. The second-order valence-corrected chi connectivity index (χ2v) is 2.84. The first-order valence-electron chi connectivity index (χ1n) is 4.55. The summed E-state index contributed by atoms with van der Waals surface area (Å²) in [7, 11) is 0. The summed E-state index contributed by atoms with van der Waals surface area (Å²) in [6, 6.07) is 0. The van der Waals surface area contributed by atoms with Gasteiger partial charge in [-0.3, -0.25) is 0 Å². The van der Waals surface area contributed by atoms with Gasteiger partial charge in [0.15, 0.2) is 0 Å². The average Bonchev–Trinajstić information content (AvgIpc) is 2.11. The molecule has 0 aromatic heterocycles. The van der Waals surface area contributed by atoms with E-state index in [2.05, 4.69) is 18.8 Å². The van der Waals surface area contributed by atoms with Crippen LogP contribution >= 0.6 is 0 Å². The van der Waals surface area contributed by atoms with Crippen molar-refractivity contribution in [1.29, 1.82) is 0 Å². The Bertz CT molecular complexity index is 140. The monoisotopic (exact) mass is 170 g/mol. The Balaban J connectivity index is 3.42. The van der Waals surface area contributed by atoms with E-state index in [4.69, 9.17) is 10.2 Å². The zero-order valence-electron chi connectivity index (χ0n) is 7.71. The van der Waals surface area contributed by atoms with Crippen LogP contribution in [0.15, 0.2) is 0 Å². The second-order valence-electron chi connectivity index (χ2n) is 2.84. The molecule has 0 aliphatic rings. The van der Waals surface area contributed by atoms with E-state index in [1.807, 2.05) is 0 Å². The molecule has 0 saturated heterocycles. The van der Waals surface area contributed by atoms with Gasteiger partial charge in [-0.05, 0) is 6.42 Å². The van der Waals surface area contributed by atoms with Gasteiger partial charge >= 0.3 is 0 Å². The topological polar surface area (TPSA) is 40.5 Å². The molecule has 0 aromatic carbocycles. The molecule has 0 aliphatic heterocycles. The third-order valence-electron chi connectivity index (χ3n) is 1.65. The first-order chi connectivity index (χ1) is 5.85. The van der Waals surface area contributed by atoms with Crippen molar-refractivity contribution in [1.82, 2.24) is 0 Å². The van der Waals surface area contributed by atoms with Gasteiger partial charge in [-0.25, -0.2) is 0 Å². The maximum Gasteiger partial charge on any atom is 0.0665 e. The van der Waals surface area contributed by atoms with Crippen LogP contribution in [0.2, 0.25) is 0 Å². The molecule has 0 bridgehead atoms. The Morgan fingerprint density at radius 3 is 2.33 bits per heavy atom. The Labute approximate surface area is 74.6 Å². The molecule has 70 valence electrons. The van der Waals surface area contributed by atoms with Gasteiger partial charge in [0, 0.05) is 6.42 Å². The summed E-state index contributed by atoms with van der Waals surface area (Å²) in [5.41, 5.74) is 0. The molecule has 0 unspecified atom stereocenters. The van der Waals surface area contributed by atoms with Gasteiger partial charge in [0.2, 0.25) is 0 Å². The number of unbranched alkanes of at least 4 members (excludes halogenated alkanes) is 3. The highest BCUT2D eigenvalue weighted by Gasteiger charge is 1.97. The highest BCUT2D eigenvalue weighted by Crippen LogP contribution is 1.97. The summed E-state index contributed by atoms with van der Waals surface area (Å²) in [4.78, 5) is 0. The number of rotatable bonds is 5. The van der Waals surface area contributed by atoms with Crippen LogP contribution in [0.4, 0.5) is 0 Å². The minimum absolute atomic E-state index is 0.0444. The van der Waals surface area contributed by atoms with Gasteiger partial charge in [-0.2, -0.15) is 0 Å². The van der Waals surface area contributed by atoms with Crippen LogP contribution in [-0.2, 0) is 0 Å². The Morgan fingerprint density at radius 2 is 1.83 bits per heavy atom. The smallest absolute Gasteiger partial charge is 0.0665 e. The molecule has 0 aliphatic carbocycles. The van der Waals surface area contributed by atoms with Crippen LogP contribution in [0.25, 0.3) is 0 Å². The average molecular weight is 170 g/mol. The van der Waals surface area contributed by atoms with E-state index in [0.717, 1.165) is 12.8 Å². The van der Waals surface area contributed by atoms with Gasteiger partial charge in [0.25, 0.3) is 0 Å². The molecule has 0 heterocycles. The van der Waals surface area contributed by atoms with Crippen LogP contribution in [-0.4, -0.2) is 23.4 Å². The van der Waals surface area contributed by atoms with Crippen molar-refractivity contribution in [2.24, 2.45) is 5.92 Å². The van der Waals surface area contributed by atoms with E-state index in [1.165, 1.54) is 12.8 Å². The van der Waals surface area contributed by atoms with Crippen molar-refractivity contribution in [2.45, 2.75) is 32.6 Å². The predicted octanol–water partition coefficient (Wildman–Crippen LogP) is 1.17. The van der Waals surface area contributed by atoms with Crippen molar-refractivity contribution < 1.29 is 10.2 Å². The van der Waals surface area contributed by atoms with Gasteiger partial charge in [0.1, 0.15) is 0 Å². The lowest BCUT2D eigenvalue weighted by atomic mass is 10.1. The number of hydrogen-bond donors (Lipinski definition) is 2. The van der Waals surface area contributed by atoms with Crippen LogP contribution in [0.1, 0.15) is 32.6 Å². The lowest BCUT2D eigenvalue weighted by Gasteiger charge is -1.99. The van der Waals surface area contributed by atoms with E-state index < -0.39 is 0 Å². The van der Waals surface area contributed by atoms with Gasteiger partial charge in [0.05, 0.1) is 19.1 Å². The lowest BCUT2D eigenvalue weighted by Crippen LogP contribution is -2.07. The summed E-state index contributed by atoms with van der Waals surface area (Å²) >= 11 is 0. The molecule has 0 fully saturated rings. The molecule has 0 spiro atoms. The molecule has 0 rings (SSSR count). The first-order valence-corrected chi connectivity index (χ1v) is 4.55. The largest absolute Gasteiger partial charge is 0.395 e. The van der Waals surface area contributed by atoms with Gasteiger partial charge in [-0.15, -0.1) is 5.92 Å². The predicted molar refractivity (Wildman–Crippen MR) is 49.6 cm³/mol. The maximum absolute atomic E-state index is 8.67. The van der Waals surface area contributed by atoms with Crippen LogP contribution < -0.4 is 0 Å². The van der Waals surface area contributed by atoms with E-state index in [0.29, 0.717) is 0 Å². The summed E-state index contributed by atoms with van der Waals surface area (Å²) in [6.07, 6.45) is 4.40. The lowest BCUT2D eigenvalue weighted by molar-refractivity contribution is 0.183. The minimum atomic E-state index is -0.244. The van der Waals surface area contributed by atoms with Crippen molar-refractivity contribution in [3.05, 3.63) is 0 Å². The molecule has 2 heteroatoms. The van der Waals surface area contributed by atoms with Crippen molar-refractivity contribution in [3.63, 3.8) is 0 Å². The first kappa shape index (κ1) is 11.5. The maximum atomic E-state index is 8.67. The molecular weight excluding hydrogens is 152 g/mol. The van der Waals surface area contributed by atoms with Crippen LogP contribution in [0.5, 0.6) is 0 Å². The highest BCUT2D eigenvalue weighted by atomic mass is 16.3. The summed E-state index contributed by atoms with van der Waals surface area (Å²) in [6.45, 7) is 2.06. The quantitative estimate of drug-likeness (QED) is 0.480. The summed E-state index contributed by atoms with van der Waals surface area (Å²) in [5, 5.41) is 17.3. The van der Waals surface area contributed by atoms with Gasteiger partial charge in [-0.1, -0.05) is 25.7 Å². The normalized spacial score (nSPS) is 9.67. The molecule has 0 radical (unpaired) electrons. The highest BCUT2D eigenvalue weighted by molar-refractivity contribution is 5.03. The molecule has 2 N–H and O–H groups in total. The number of hydrogen-bond acceptors (Lipinski definition) is 2. The van der Waals surface area contributed by atoms with Crippen molar-refractivity contribution >= 4 is 0 Å². The summed E-state index contributed by atoms with van der Waals surface area (Å²) < 4.78 is 0. The van der Waals surface area contributed by atoms with Crippen molar-refractivity contribution in [3.8, 4) is 11.8 Å². The number of aliphatic hydroxyl groups is 2. The van der Waals surface area contributed by atoms with E-state index >= 15 is 0 Å². The Hall–Kier alpha value is -0.520. The SMILES string of the molecule is CCCCCC#CC(CO)CO. The third-order valence-corrected chi connectivity index (χ3v) is 1.65. The fraction of sp³-hybridized carbons (Fsp3) is 0.800. The molecule has 0 atom stereocenters. The molecule has 0 amide bonds. The minimum Gasteiger partial charge on any atom is -0.395 e. The van der Waals surface area contributed by atoms with Crippen LogP contribution in [0, 0.1) is 17.8 Å². The molecule has 0 saturated carbocycles. The zero-order chi connectivity index (χ0) is 9.23. The van der Waals surface area contributed by atoms with Crippen molar-refractivity contribution in [2.75, 3.05) is 13.2 Å². The molecule has 12 heavy (non-hydrogen) atoms. The van der Waals surface area contributed by atoms with E-state index in [9.17, 15) is 0 Å². The number of aliphatic hydroxyl groups excluding tert-OH is 2. The molecular formula is C10H18O2. The fourth-order valence-corrected chi connectivity index (χ4v) is 0.829. The van der Waals surface area contributed by atoms with Gasteiger partial charge < -0.3 is 10.2 Å². The fourth-order valence-electron chi connectivity index (χ4n) is 0.829.